The first-order valence-corrected chi connectivity index (χ1v) is 13.5. The number of rotatable bonds is 12. The standard InChI is InChI=1S/C26H47NO11/c1-8-25(6,9-2)22-15(27-13(5)29)19(16(30)14(12-28)35-22)36-24-18(32)17(31)20(21(37-24)23(33)34)38-26(7,10-3)11-4/h14-22,24,28,30-32H,8-12H2,1-7H3,(H,27,29)(H,33,34)/t14?,15-,16+,17?,18?,19?,20?,21?,22?,24?/m0/s1. The largest absolute Gasteiger partial charge is 0.479 e. The lowest BCUT2D eigenvalue weighted by Gasteiger charge is -2.52. The lowest BCUT2D eigenvalue weighted by Crippen LogP contribution is -2.70. The molecule has 12 nitrogen and oxygen atoms in total. The van der Waals surface area contributed by atoms with Crippen molar-refractivity contribution in [2.75, 3.05) is 6.61 Å². The molecule has 0 bridgehead atoms. The zero-order chi connectivity index (χ0) is 29.0. The Balaban J connectivity index is 2.44. The molecule has 0 radical (unpaired) electrons. The minimum atomic E-state index is -1.74. The van der Waals surface area contributed by atoms with Crippen LogP contribution in [0.3, 0.4) is 0 Å². The summed E-state index contributed by atoms with van der Waals surface area (Å²) in [5.41, 5.74) is -1.27. The molecule has 2 aliphatic rings. The quantitative estimate of drug-likeness (QED) is 0.197. The molecule has 8 unspecified atom stereocenters. The van der Waals surface area contributed by atoms with Crippen molar-refractivity contribution in [2.24, 2.45) is 5.41 Å². The van der Waals surface area contributed by atoms with E-state index in [1.807, 2.05) is 34.6 Å². The molecule has 38 heavy (non-hydrogen) atoms. The van der Waals surface area contributed by atoms with Crippen LogP contribution in [0, 0.1) is 5.41 Å². The third kappa shape index (κ3) is 6.84. The van der Waals surface area contributed by atoms with Crippen LogP contribution in [0.5, 0.6) is 0 Å². The van der Waals surface area contributed by atoms with Crippen LogP contribution in [0.25, 0.3) is 0 Å². The van der Waals surface area contributed by atoms with Gasteiger partial charge in [-0.05, 0) is 38.0 Å². The fourth-order valence-corrected chi connectivity index (χ4v) is 5.09. The molecule has 0 aromatic carbocycles. The highest BCUT2D eigenvalue weighted by atomic mass is 16.7. The highest BCUT2D eigenvalue weighted by molar-refractivity contribution is 5.74. The summed E-state index contributed by atoms with van der Waals surface area (Å²) in [5.74, 6) is -1.85. The van der Waals surface area contributed by atoms with E-state index in [0.717, 1.165) is 0 Å². The lowest BCUT2D eigenvalue weighted by molar-refractivity contribution is -0.340. The first-order chi connectivity index (χ1) is 17.7. The van der Waals surface area contributed by atoms with Crippen LogP contribution >= 0.6 is 0 Å². The number of amides is 1. The maximum atomic E-state index is 12.2. The van der Waals surface area contributed by atoms with E-state index in [1.54, 1.807) is 6.92 Å². The van der Waals surface area contributed by atoms with Crippen LogP contribution in [0.2, 0.25) is 0 Å². The summed E-state index contributed by atoms with van der Waals surface area (Å²) in [4.78, 5) is 24.3. The van der Waals surface area contributed by atoms with Crippen molar-refractivity contribution in [3.05, 3.63) is 0 Å². The van der Waals surface area contributed by atoms with Crippen LogP contribution in [0.4, 0.5) is 0 Å². The first kappa shape index (κ1) is 32.8. The van der Waals surface area contributed by atoms with E-state index in [-0.39, 0.29) is 0 Å². The second-order valence-corrected chi connectivity index (χ2v) is 10.9. The highest BCUT2D eigenvalue weighted by Gasteiger charge is 2.56. The monoisotopic (exact) mass is 549 g/mol. The molecule has 1 amide bonds. The molecule has 2 aliphatic heterocycles. The zero-order valence-corrected chi connectivity index (χ0v) is 23.5. The Hall–Kier alpha value is -1.38. The van der Waals surface area contributed by atoms with Gasteiger partial charge in [-0.1, -0.05) is 34.6 Å². The summed E-state index contributed by atoms with van der Waals surface area (Å²) < 4.78 is 23.7. The number of hydrogen-bond acceptors (Lipinski definition) is 10. The predicted octanol–water partition coefficient (Wildman–Crippen LogP) is 0.318. The average Bonchev–Trinajstić information content (AvgIpc) is 2.89. The average molecular weight is 550 g/mol. The van der Waals surface area contributed by atoms with E-state index in [0.29, 0.717) is 25.7 Å². The van der Waals surface area contributed by atoms with Gasteiger partial charge >= 0.3 is 5.97 Å². The molecule has 0 saturated carbocycles. The molecule has 222 valence electrons. The van der Waals surface area contributed by atoms with Crippen LogP contribution in [0.1, 0.15) is 74.1 Å². The van der Waals surface area contributed by atoms with Gasteiger partial charge in [-0.25, -0.2) is 4.79 Å². The molecule has 6 N–H and O–H groups in total. The van der Waals surface area contributed by atoms with Crippen molar-refractivity contribution >= 4 is 11.9 Å². The van der Waals surface area contributed by atoms with Gasteiger partial charge in [-0.15, -0.1) is 0 Å². The number of carbonyl (C=O) groups excluding carboxylic acids is 1. The van der Waals surface area contributed by atoms with E-state index >= 15 is 0 Å². The van der Waals surface area contributed by atoms with Crippen molar-refractivity contribution < 1.29 is 54.1 Å². The summed E-state index contributed by atoms with van der Waals surface area (Å²) in [5, 5.41) is 55.6. The van der Waals surface area contributed by atoms with Crippen LogP contribution in [-0.2, 0) is 28.5 Å². The van der Waals surface area contributed by atoms with Gasteiger partial charge in [0, 0.05) is 6.92 Å². The summed E-state index contributed by atoms with van der Waals surface area (Å²) in [6.45, 7) is 12.1. The second kappa shape index (κ2) is 13.3. The molecule has 0 aliphatic carbocycles. The summed E-state index contributed by atoms with van der Waals surface area (Å²) >= 11 is 0. The minimum absolute atomic E-state index is 0.429. The van der Waals surface area contributed by atoms with E-state index < -0.39 is 90.7 Å². The SMILES string of the molecule is CCC(C)(CC)OC1C(C(=O)O)OC(OC2[C@H](O)C(CO)OC(C(C)(CC)CC)[C@H]2NC(C)=O)C(O)C1O. The number of carboxylic acids is 1. The third-order valence-electron chi connectivity index (χ3n) is 8.57. The van der Waals surface area contributed by atoms with Crippen molar-refractivity contribution in [2.45, 2.75) is 141 Å². The van der Waals surface area contributed by atoms with Gasteiger partial charge in [0.05, 0.1) is 24.4 Å². The fourth-order valence-electron chi connectivity index (χ4n) is 5.09. The topological polar surface area (TPSA) is 184 Å². The number of aliphatic carboxylic acids is 1. The van der Waals surface area contributed by atoms with Gasteiger partial charge in [0.25, 0.3) is 0 Å². The number of aliphatic hydroxyl groups is 4. The molecule has 2 heterocycles. The van der Waals surface area contributed by atoms with Crippen molar-refractivity contribution in [3.8, 4) is 0 Å². The second-order valence-electron chi connectivity index (χ2n) is 10.9. The number of aliphatic hydroxyl groups excluding tert-OH is 4. The molecule has 0 aromatic rings. The Morgan fingerprint density at radius 1 is 0.895 bits per heavy atom. The van der Waals surface area contributed by atoms with Gasteiger partial charge < -0.3 is 49.8 Å². The molecule has 2 fully saturated rings. The Kier molecular flexibility index (Phi) is 11.5. The van der Waals surface area contributed by atoms with Gasteiger partial charge in [-0.3, -0.25) is 4.79 Å². The molecular weight excluding hydrogens is 502 g/mol. The van der Waals surface area contributed by atoms with Crippen molar-refractivity contribution in [1.29, 1.82) is 0 Å². The van der Waals surface area contributed by atoms with Gasteiger partial charge in [-0.2, -0.15) is 0 Å². The van der Waals surface area contributed by atoms with E-state index in [9.17, 15) is 35.1 Å². The van der Waals surface area contributed by atoms with Gasteiger partial charge in [0.15, 0.2) is 12.4 Å². The van der Waals surface area contributed by atoms with Gasteiger partial charge in [0.2, 0.25) is 5.91 Å². The summed E-state index contributed by atoms with van der Waals surface area (Å²) in [7, 11) is 0. The Morgan fingerprint density at radius 2 is 1.47 bits per heavy atom. The van der Waals surface area contributed by atoms with Crippen molar-refractivity contribution in [1.82, 2.24) is 5.32 Å². The van der Waals surface area contributed by atoms with Gasteiger partial charge in [0.1, 0.15) is 36.6 Å². The predicted molar refractivity (Wildman–Crippen MR) is 135 cm³/mol. The smallest absolute Gasteiger partial charge is 0.335 e. The normalized spacial score (nSPS) is 36.6. The first-order valence-electron chi connectivity index (χ1n) is 13.5. The molecule has 0 spiro atoms. The maximum Gasteiger partial charge on any atom is 0.335 e. The summed E-state index contributed by atoms with van der Waals surface area (Å²) in [6.07, 6.45) is -10.4. The zero-order valence-electron chi connectivity index (χ0n) is 23.5. The molecule has 2 saturated heterocycles. The van der Waals surface area contributed by atoms with E-state index in [2.05, 4.69) is 5.32 Å². The molecular formula is C26H47NO11. The molecule has 0 aromatic heterocycles. The number of carbonyl (C=O) groups is 2. The van der Waals surface area contributed by atoms with Crippen molar-refractivity contribution in [3.63, 3.8) is 0 Å². The van der Waals surface area contributed by atoms with Crippen LogP contribution in [0.15, 0.2) is 0 Å². The number of carboxylic acid groups (broad SMARTS) is 1. The maximum absolute atomic E-state index is 12.2. The highest BCUT2D eigenvalue weighted by Crippen LogP contribution is 2.40. The van der Waals surface area contributed by atoms with E-state index in [1.165, 1.54) is 6.92 Å². The lowest BCUT2D eigenvalue weighted by atomic mass is 9.72. The molecule has 10 atom stereocenters. The third-order valence-corrected chi connectivity index (χ3v) is 8.57. The number of nitrogens with one attached hydrogen (secondary N) is 1. The Bertz CT molecular complexity index is 787. The summed E-state index contributed by atoms with van der Waals surface area (Å²) in [6, 6.07) is -0.941. The van der Waals surface area contributed by atoms with Crippen LogP contribution in [-0.4, -0.2) is 111 Å². The fraction of sp³-hybridized carbons (Fsp3) is 0.923. The van der Waals surface area contributed by atoms with Crippen LogP contribution < -0.4 is 5.32 Å². The Labute approximate surface area is 224 Å². The number of ether oxygens (including phenoxy) is 4. The molecule has 12 heteroatoms. The number of hydrogen-bond donors (Lipinski definition) is 6. The van der Waals surface area contributed by atoms with E-state index in [4.69, 9.17) is 18.9 Å². The minimum Gasteiger partial charge on any atom is -0.479 e. The Morgan fingerprint density at radius 3 is 1.92 bits per heavy atom. The molecule has 2 rings (SSSR count).